The van der Waals surface area contributed by atoms with Crippen LogP contribution in [0.3, 0.4) is 0 Å². The molecule has 1 aliphatic rings. The van der Waals surface area contributed by atoms with Gasteiger partial charge in [-0.2, -0.15) is 10.3 Å². The molecule has 0 saturated carbocycles. The van der Waals surface area contributed by atoms with Crippen LogP contribution in [0.15, 0.2) is 24.3 Å². The number of H-pyrrole nitrogens is 1. The van der Waals surface area contributed by atoms with Crippen LogP contribution in [0.4, 0.5) is 0 Å². The molecule has 2 unspecified atom stereocenters. The van der Waals surface area contributed by atoms with Crippen LogP contribution >= 0.6 is 0 Å². The molecule has 0 radical (unpaired) electrons. The van der Waals surface area contributed by atoms with Crippen molar-refractivity contribution in [1.29, 1.82) is 0 Å². The lowest BCUT2D eigenvalue weighted by Crippen LogP contribution is -2.34. The summed E-state index contributed by atoms with van der Waals surface area (Å²) in [5.74, 6) is -1.43. The Morgan fingerprint density at radius 3 is 2.67 bits per heavy atom. The smallest absolute Gasteiger partial charge is 0.358 e. The number of carboxylic acid groups (broad SMARTS) is 1. The van der Waals surface area contributed by atoms with Crippen molar-refractivity contribution in [3.05, 3.63) is 46.8 Å². The number of nitrogens with one attached hydrogen (secondary N) is 1. The minimum atomic E-state index is -1.13. The predicted octanol–water partition coefficient (Wildman–Crippen LogP) is 2.28. The molecule has 1 saturated heterocycles. The van der Waals surface area contributed by atoms with Crippen molar-refractivity contribution in [2.75, 3.05) is 6.54 Å². The molecule has 2 atom stereocenters. The van der Waals surface area contributed by atoms with Gasteiger partial charge in [-0.3, -0.25) is 4.79 Å². The minimum Gasteiger partial charge on any atom is -0.476 e. The second-order valence-corrected chi connectivity index (χ2v) is 6.18. The van der Waals surface area contributed by atoms with Crippen LogP contribution in [0.25, 0.3) is 0 Å². The van der Waals surface area contributed by atoms with E-state index in [1.807, 2.05) is 38.1 Å². The Morgan fingerprint density at radius 2 is 2.00 bits per heavy atom. The maximum atomic E-state index is 12.9. The highest BCUT2D eigenvalue weighted by Gasteiger charge is 2.37. The summed E-state index contributed by atoms with van der Waals surface area (Å²) in [6.07, 6.45) is 1.52. The number of aromatic amines is 1. The van der Waals surface area contributed by atoms with Crippen molar-refractivity contribution < 1.29 is 14.7 Å². The number of carboxylic acids is 1. The molecule has 1 amide bonds. The number of rotatable bonds is 4. The number of carbonyl (C=O) groups excluding carboxylic acids is 1. The van der Waals surface area contributed by atoms with Gasteiger partial charge in [0.1, 0.15) is 5.69 Å². The molecule has 126 valence electrons. The summed E-state index contributed by atoms with van der Waals surface area (Å²) < 4.78 is 0. The second-order valence-electron chi connectivity index (χ2n) is 6.18. The maximum absolute atomic E-state index is 12.9. The average Bonchev–Trinajstić information content (AvgIpc) is 3.22. The summed E-state index contributed by atoms with van der Waals surface area (Å²) in [6, 6.07) is 7.56. The highest BCUT2D eigenvalue weighted by atomic mass is 16.4. The molecule has 2 N–H and O–H groups in total. The van der Waals surface area contributed by atoms with Crippen LogP contribution in [0.5, 0.6) is 0 Å². The topological polar surface area (TPSA) is 99.2 Å². The van der Waals surface area contributed by atoms with Crippen molar-refractivity contribution in [3.63, 3.8) is 0 Å². The van der Waals surface area contributed by atoms with Crippen molar-refractivity contribution in [2.24, 2.45) is 0 Å². The molecule has 7 heteroatoms. The standard InChI is InChI=1S/C17H20N4O3/c1-10-5-7-12(8-6-10)11(2)16(22)21-9-3-4-13(21)14-15(17(23)24)19-20-18-14/h5-8,11,13H,3-4,9H2,1-2H3,(H,23,24)(H,18,19,20). The van der Waals surface area contributed by atoms with Gasteiger partial charge in [0.15, 0.2) is 5.69 Å². The molecular formula is C17H20N4O3. The Kier molecular flexibility index (Phi) is 4.33. The van der Waals surface area contributed by atoms with E-state index >= 15 is 0 Å². The van der Waals surface area contributed by atoms with E-state index in [1.54, 1.807) is 4.90 Å². The van der Waals surface area contributed by atoms with Gasteiger partial charge in [0.05, 0.1) is 12.0 Å². The first-order chi connectivity index (χ1) is 11.5. The summed E-state index contributed by atoms with van der Waals surface area (Å²) >= 11 is 0. The number of hydrogen-bond acceptors (Lipinski definition) is 4. The van der Waals surface area contributed by atoms with E-state index in [9.17, 15) is 14.7 Å². The molecule has 3 rings (SSSR count). The third kappa shape index (κ3) is 2.89. The van der Waals surface area contributed by atoms with Gasteiger partial charge in [-0.15, -0.1) is 5.10 Å². The Labute approximate surface area is 139 Å². The van der Waals surface area contributed by atoms with E-state index < -0.39 is 5.97 Å². The summed E-state index contributed by atoms with van der Waals surface area (Å²) in [6.45, 7) is 4.49. The molecule has 1 aromatic carbocycles. The molecule has 2 heterocycles. The number of likely N-dealkylation sites (tertiary alicyclic amines) is 1. The zero-order chi connectivity index (χ0) is 17.3. The zero-order valence-corrected chi connectivity index (χ0v) is 13.7. The van der Waals surface area contributed by atoms with Crippen LogP contribution in [-0.4, -0.2) is 43.8 Å². The van der Waals surface area contributed by atoms with Crippen LogP contribution in [0.2, 0.25) is 0 Å². The lowest BCUT2D eigenvalue weighted by molar-refractivity contribution is -0.133. The number of amides is 1. The van der Waals surface area contributed by atoms with E-state index in [0.29, 0.717) is 18.7 Å². The third-order valence-corrected chi connectivity index (χ3v) is 4.58. The quantitative estimate of drug-likeness (QED) is 0.897. The molecule has 7 nitrogen and oxygen atoms in total. The van der Waals surface area contributed by atoms with Crippen LogP contribution in [0, 0.1) is 6.92 Å². The number of aromatic nitrogens is 3. The third-order valence-electron chi connectivity index (χ3n) is 4.58. The molecular weight excluding hydrogens is 308 g/mol. The molecule has 0 bridgehead atoms. The summed E-state index contributed by atoms with van der Waals surface area (Å²) in [4.78, 5) is 25.9. The van der Waals surface area contributed by atoms with Gasteiger partial charge >= 0.3 is 5.97 Å². The largest absolute Gasteiger partial charge is 0.476 e. The van der Waals surface area contributed by atoms with Crippen molar-refractivity contribution >= 4 is 11.9 Å². The Hall–Kier alpha value is -2.70. The van der Waals surface area contributed by atoms with Gasteiger partial charge in [0.2, 0.25) is 5.91 Å². The molecule has 2 aromatic rings. The second kappa shape index (κ2) is 6.43. The number of hydrogen-bond donors (Lipinski definition) is 2. The number of aryl methyl sites for hydroxylation is 1. The van der Waals surface area contributed by atoms with Gasteiger partial charge in [0.25, 0.3) is 0 Å². The minimum absolute atomic E-state index is 0.0132. The van der Waals surface area contributed by atoms with Gasteiger partial charge in [-0.05, 0) is 32.3 Å². The lowest BCUT2D eigenvalue weighted by Gasteiger charge is -2.26. The van der Waals surface area contributed by atoms with Gasteiger partial charge in [0, 0.05) is 6.54 Å². The van der Waals surface area contributed by atoms with Crippen LogP contribution in [0.1, 0.15) is 59.0 Å². The lowest BCUT2D eigenvalue weighted by atomic mass is 9.98. The first-order valence-corrected chi connectivity index (χ1v) is 8.00. The van der Waals surface area contributed by atoms with Crippen LogP contribution in [-0.2, 0) is 4.79 Å². The molecule has 0 spiro atoms. The molecule has 1 aromatic heterocycles. The summed E-state index contributed by atoms with van der Waals surface area (Å²) in [5.41, 5.74) is 2.33. The SMILES string of the molecule is Cc1ccc(C(C)C(=O)N2CCCC2c2n[nH]nc2C(=O)O)cc1. The maximum Gasteiger partial charge on any atom is 0.358 e. The zero-order valence-electron chi connectivity index (χ0n) is 13.7. The average molecular weight is 328 g/mol. The van der Waals surface area contributed by atoms with E-state index in [0.717, 1.165) is 17.5 Å². The summed E-state index contributed by atoms with van der Waals surface area (Å²) in [7, 11) is 0. The highest BCUT2D eigenvalue weighted by molar-refractivity contribution is 5.87. The van der Waals surface area contributed by atoms with Gasteiger partial charge < -0.3 is 10.0 Å². The van der Waals surface area contributed by atoms with Gasteiger partial charge in [-0.25, -0.2) is 4.79 Å². The fourth-order valence-corrected chi connectivity index (χ4v) is 3.19. The molecule has 1 fully saturated rings. The Morgan fingerprint density at radius 1 is 1.29 bits per heavy atom. The number of nitrogens with zero attached hydrogens (tertiary/aromatic N) is 3. The monoisotopic (exact) mass is 328 g/mol. The fraction of sp³-hybridized carbons (Fsp3) is 0.412. The number of aromatic carboxylic acids is 1. The fourth-order valence-electron chi connectivity index (χ4n) is 3.19. The van der Waals surface area contributed by atoms with E-state index in [2.05, 4.69) is 15.4 Å². The van der Waals surface area contributed by atoms with Gasteiger partial charge in [-0.1, -0.05) is 29.8 Å². The van der Waals surface area contributed by atoms with Crippen molar-refractivity contribution in [3.8, 4) is 0 Å². The Bertz CT molecular complexity index is 753. The summed E-state index contributed by atoms with van der Waals surface area (Å²) in [5, 5.41) is 19.3. The predicted molar refractivity (Wildman–Crippen MR) is 86.6 cm³/mol. The van der Waals surface area contributed by atoms with Crippen molar-refractivity contribution in [1.82, 2.24) is 20.3 Å². The van der Waals surface area contributed by atoms with E-state index in [4.69, 9.17) is 0 Å². The van der Waals surface area contributed by atoms with E-state index in [1.165, 1.54) is 0 Å². The first-order valence-electron chi connectivity index (χ1n) is 8.00. The molecule has 1 aliphatic heterocycles. The van der Waals surface area contributed by atoms with Crippen molar-refractivity contribution in [2.45, 2.75) is 38.6 Å². The number of carbonyl (C=O) groups is 2. The Balaban J connectivity index is 1.84. The highest BCUT2D eigenvalue weighted by Crippen LogP contribution is 2.34. The van der Waals surface area contributed by atoms with E-state index in [-0.39, 0.29) is 23.6 Å². The molecule has 24 heavy (non-hydrogen) atoms. The number of benzene rings is 1. The normalized spacial score (nSPS) is 18.6. The van der Waals surface area contributed by atoms with Crippen LogP contribution < -0.4 is 0 Å². The molecule has 0 aliphatic carbocycles. The first kappa shape index (κ1) is 16.2.